The first-order valence-electron chi connectivity index (χ1n) is 5.70. The van der Waals surface area contributed by atoms with Crippen molar-refractivity contribution in [2.45, 2.75) is 13.8 Å². The van der Waals surface area contributed by atoms with E-state index in [2.05, 4.69) is 15.3 Å². The first-order valence-corrected chi connectivity index (χ1v) is 6.52. The van der Waals surface area contributed by atoms with Gasteiger partial charge < -0.3 is 9.73 Å². The van der Waals surface area contributed by atoms with E-state index in [1.54, 1.807) is 11.3 Å². The SMILES string of the molecule is CNc1sc(-c2ccc3oc(C)nc3c2)nc1C. The average Bonchev–Trinajstić information content (AvgIpc) is 2.89. The molecule has 0 spiro atoms. The Bertz CT molecular complexity index is 714. The molecule has 1 N–H and O–H groups in total. The summed E-state index contributed by atoms with van der Waals surface area (Å²) in [7, 11) is 1.91. The molecule has 3 rings (SSSR count). The van der Waals surface area contributed by atoms with Crippen molar-refractivity contribution in [3.05, 3.63) is 29.8 Å². The van der Waals surface area contributed by atoms with Gasteiger partial charge in [-0.2, -0.15) is 0 Å². The molecular weight excluding hydrogens is 246 g/mol. The van der Waals surface area contributed by atoms with Gasteiger partial charge in [-0.1, -0.05) is 11.3 Å². The fraction of sp³-hybridized carbons (Fsp3) is 0.231. The number of hydrogen-bond acceptors (Lipinski definition) is 5. The third kappa shape index (κ3) is 1.76. The summed E-state index contributed by atoms with van der Waals surface area (Å²) in [6, 6.07) is 5.98. The molecule has 4 nitrogen and oxygen atoms in total. The maximum absolute atomic E-state index is 5.47. The zero-order valence-corrected chi connectivity index (χ0v) is 11.3. The lowest BCUT2D eigenvalue weighted by Gasteiger charge is -1.94. The third-order valence-corrected chi connectivity index (χ3v) is 3.99. The molecule has 0 aliphatic rings. The Morgan fingerprint density at radius 3 is 2.78 bits per heavy atom. The molecule has 0 fully saturated rings. The predicted molar refractivity (Wildman–Crippen MR) is 74.1 cm³/mol. The lowest BCUT2D eigenvalue weighted by molar-refractivity contribution is 0.561. The number of benzene rings is 1. The second kappa shape index (κ2) is 4.10. The fourth-order valence-corrected chi connectivity index (χ4v) is 2.84. The van der Waals surface area contributed by atoms with Crippen LogP contribution in [0.2, 0.25) is 0 Å². The van der Waals surface area contributed by atoms with Gasteiger partial charge in [0, 0.05) is 19.5 Å². The Hall–Kier alpha value is -1.88. The molecule has 0 bridgehead atoms. The average molecular weight is 259 g/mol. The van der Waals surface area contributed by atoms with E-state index in [1.165, 1.54) is 0 Å². The summed E-state index contributed by atoms with van der Waals surface area (Å²) >= 11 is 1.65. The molecule has 0 aliphatic heterocycles. The molecule has 5 heteroatoms. The number of nitrogens with one attached hydrogen (secondary N) is 1. The maximum Gasteiger partial charge on any atom is 0.192 e. The number of anilines is 1. The van der Waals surface area contributed by atoms with Gasteiger partial charge >= 0.3 is 0 Å². The molecule has 18 heavy (non-hydrogen) atoms. The quantitative estimate of drug-likeness (QED) is 0.763. The maximum atomic E-state index is 5.47. The van der Waals surface area contributed by atoms with Crippen LogP contribution in [-0.4, -0.2) is 17.0 Å². The smallest absolute Gasteiger partial charge is 0.192 e. The van der Waals surface area contributed by atoms with Crippen molar-refractivity contribution in [2.24, 2.45) is 0 Å². The third-order valence-electron chi connectivity index (χ3n) is 2.77. The van der Waals surface area contributed by atoms with Gasteiger partial charge in [0.05, 0.1) is 5.69 Å². The summed E-state index contributed by atoms with van der Waals surface area (Å²) in [5.41, 5.74) is 3.79. The molecule has 0 saturated carbocycles. The number of nitrogens with zero attached hydrogens (tertiary/aromatic N) is 2. The fourth-order valence-electron chi connectivity index (χ4n) is 1.93. The molecule has 0 aliphatic carbocycles. The Morgan fingerprint density at radius 2 is 2.06 bits per heavy atom. The van der Waals surface area contributed by atoms with E-state index in [1.807, 2.05) is 39.1 Å². The molecule has 92 valence electrons. The highest BCUT2D eigenvalue weighted by Crippen LogP contribution is 2.32. The predicted octanol–water partition coefficient (Wildman–Crippen LogP) is 3.61. The molecule has 2 aromatic heterocycles. The number of hydrogen-bond donors (Lipinski definition) is 1. The minimum Gasteiger partial charge on any atom is -0.441 e. The van der Waals surface area contributed by atoms with Crippen LogP contribution in [0, 0.1) is 13.8 Å². The normalized spacial score (nSPS) is 11.1. The highest BCUT2D eigenvalue weighted by atomic mass is 32.1. The summed E-state index contributed by atoms with van der Waals surface area (Å²) in [6.07, 6.45) is 0. The largest absolute Gasteiger partial charge is 0.441 e. The van der Waals surface area contributed by atoms with Gasteiger partial charge in [-0.3, -0.25) is 0 Å². The van der Waals surface area contributed by atoms with Crippen LogP contribution in [0.25, 0.3) is 21.7 Å². The van der Waals surface area contributed by atoms with E-state index in [9.17, 15) is 0 Å². The number of aromatic nitrogens is 2. The van der Waals surface area contributed by atoms with Gasteiger partial charge in [0.25, 0.3) is 0 Å². The minimum atomic E-state index is 0.688. The Morgan fingerprint density at radius 1 is 1.22 bits per heavy atom. The zero-order chi connectivity index (χ0) is 12.7. The second-order valence-electron chi connectivity index (χ2n) is 4.10. The molecule has 0 saturated heterocycles. The van der Waals surface area contributed by atoms with Crippen LogP contribution in [0.1, 0.15) is 11.6 Å². The van der Waals surface area contributed by atoms with Crippen LogP contribution in [0.3, 0.4) is 0 Å². The second-order valence-corrected chi connectivity index (χ2v) is 5.10. The van der Waals surface area contributed by atoms with Crippen LogP contribution in [0.4, 0.5) is 5.00 Å². The minimum absolute atomic E-state index is 0.688. The number of aryl methyl sites for hydroxylation is 2. The van der Waals surface area contributed by atoms with Crippen LogP contribution < -0.4 is 5.32 Å². The monoisotopic (exact) mass is 259 g/mol. The molecule has 0 radical (unpaired) electrons. The molecule has 0 unspecified atom stereocenters. The summed E-state index contributed by atoms with van der Waals surface area (Å²) in [4.78, 5) is 8.91. The zero-order valence-electron chi connectivity index (χ0n) is 10.4. The standard InChI is InChI=1S/C13H13N3OS/c1-7-12(14-3)18-13(15-7)9-4-5-11-10(6-9)16-8(2)17-11/h4-6,14H,1-3H3. The van der Waals surface area contributed by atoms with E-state index < -0.39 is 0 Å². The molecule has 2 heterocycles. The topological polar surface area (TPSA) is 51.0 Å². The first-order chi connectivity index (χ1) is 8.67. The lowest BCUT2D eigenvalue weighted by atomic mass is 10.2. The van der Waals surface area contributed by atoms with Crippen molar-refractivity contribution in [1.29, 1.82) is 0 Å². The highest BCUT2D eigenvalue weighted by molar-refractivity contribution is 7.19. The van der Waals surface area contributed by atoms with Gasteiger partial charge in [-0.15, -0.1) is 0 Å². The van der Waals surface area contributed by atoms with Crippen molar-refractivity contribution < 1.29 is 4.42 Å². The van der Waals surface area contributed by atoms with Crippen LogP contribution in [0.15, 0.2) is 22.6 Å². The van der Waals surface area contributed by atoms with Crippen molar-refractivity contribution >= 4 is 27.4 Å². The van der Waals surface area contributed by atoms with Gasteiger partial charge in [-0.25, -0.2) is 9.97 Å². The van der Waals surface area contributed by atoms with Crippen LogP contribution >= 0.6 is 11.3 Å². The first kappa shape index (κ1) is 11.2. The summed E-state index contributed by atoms with van der Waals surface area (Å²) < 4.78 is 5.47. The van der Waals surface area contributed by atoms with Crippen LogP contribution in [0.5, 0.6) is 0 Å². The number of thiazole rings is 1. The van der Waals surface area contributed by atoms with Crippen molar-refractivity contribution in [3.63, 3.8) is 0 Å². The van der Waals surface area contributed by atoms with Gasteiger partial charge in [0.2, 0.25) is 0 Å². The molecule has 0 amide bonds. The summed E-state index contributed by atoms with van der Waals surface area (Å²) in [5, 5.41) is 5.25. The lowest BCUT2D eigenvalue weighted by Crippen LogP contribution is -1.85. The Balaban J connectivity index is 2.12. The number of oxazole rings is 1. The Labute approximate surface area is 109 Å². The van der Waals surface area contributed by atoms with E-state index in [-0.39, 0.29) is 0 Å². The van der Waals surface area contributed by atoms with E-state index in [4.69, 9.17) is 4.42 Å². The molecule has 3 aromatic rings. The molecule has 1 aromatic carbocycles. The van der Waals surface area contributed by atoms with Crippen LogP contribution in [-0.2, 0) is 0 Å². The number of fused-ring (bicyclic) bond motifs is 1. The summed E-state index contributed by atoms with van der Waals surface area (Å²) in [6.45, 7) is 3.86. The van der Waals surface area contributed by atoms with E-state index in [0.29, 0.717) is 5.89 Å². The van der Waals surface area contributed by atoms with E-state index >= 15 is 0 Å². The molecular formula is C13H13N3OS. The van der Waals surface area contributed by atoms with Gasteiger partial charge in [0.15, 0.2) is 11.5 Å². The van der Waals surface area contributed by atoms with Gasteiger partial charge in [-0.05, 0) is 25.1 Å². The number of rotatable bonds is 2. The highest BCUT2D eigenvalue weighted by Gasteiger charge is 2.10. The van der Waals surface area contributed by atoms with Crippen molar-refractivity contribution in [2.75, 3.05) is 12.4 Å². The summed E-state index contributed by atoms with van der Waals surface area (Å²) in [5.74, 6) is 0.688. The Kier molecular flexibility index (Phi) is 2.56. The van der Waals surface area contributed by atoms with Gasteiger partial charge in [0.1, 0.15) is 15.5 Å². The van der Waals surface area contributed by atoms with Crippen molar-refractivity contribution in [3.8, 4) is 10.6 Å². The van der Waals surface area contributed by atoms with Crippen molar-refractivity contribution in [1.82, 2.24) is 9.97 Å². The van der Waals surface area contributed by atoms with E-state index in [0.717, 1.165) is 32.4 Å². The molecule has 0 atom stereocenters.